The van der Waals surface area contributed by atoms with Gasteiger partial charge >= 0.3 is 18.3 Å². The van der Waals surface area contributed by atoms with Gasteiger partial charge in [0.15, 0.2) is 10.7 Å². The number of amides is 1. The number of aryl methyl sites for hydroxylation is 1. The molecule has 0 aliphatic heterocycles. The fraction of sp³-hybridized carbons (Fsp3) is 0.368. The highest BCUT2D eigenvalue weighted by atomic mass is 32.1. The predicted molar refractivity (Wildman–Crippen MR) is 103 cm³/mol. The third-order valence-electron chi connectivity index (χ3n) is 4.90. The van der Waals surface area contributed by atoms with E-state index in [0.717, 1.165) is 19.9 Å². The Labute approximate surface area is 189 Å². The molecule has 0 bridgehead atoms. The maximum Gasteiger partial charge on any atom is 0.459 e. The van der Waals surface area contributed by atoms with Crippen molar-refractivity contribution >= 4 is 17.2 Å². The maximum absolute atomic E-state index is 13.9. The van der Waals surface area contributed by atoms with Crippen molar-refractivity contribution in [2.24, 2.45) is 7.05 Å². The summed E-state index contributed by atoms with van der Waals surface area (Å²) >= 11 is 0.521. The van der Waals surface area contributed by atoms with E-state index in [1.807, 2.05) is 0 Å². The third-order valence-corrected chi connectivity index (χ3v) is 5.88. The number of nitrogens with one attached hydrogen (secondary N) is 1. The van der Waals surface area contributed by atoms with Crippen LogP contribution in [0.2, 0.25) is 0 Å². The van der Waals surface area contributed by atoms with E-state index in [1.165, 1.54) is 24.3 Å². The average Bonchev–Trinajstić information content (AvgIpc) is 3.27. The van der Waals surface area contributed by atoms with Gasteiger partial charge in [0.05, 0.1) is 0 Å². The van der Waals surface area contributed by atoms with E-state index in [0.29, 0.717) is 16.9 Å². The zero-order valence-corrected chi connectivity index (χ0v) is 17.7. The lowest BCUT2D eigenvalue weighted by Gasteiger charge is -2.19. The second-order valence-electron chi connectivity index (χ2n) is 7.51. The summed E-state index contributed by atoms with van der Waals surface area (Å²) in [5, 5.41) is 12.4. The molecule has 1 aliphatic carbocycles. The number of benzene rings is 1. The molecule has 1 aliphatic rings. The molecule has 15 heteroatoms. The number of nitrogens with zero attached hydrogens (tertiary/aromatic N) is 4. The molecule has 0 saturated heterocycles. The van der Waals surface area contributed by atoms with E-state index >= 15 is 0 Å². The fourth-order valence-electron chi connectivity index (χ4n) is 3.12. The number of alkyl halides is 8. The second-order valence-corrected chi connectivity index (χ2v) is 8.48. The molecule has 34 heavy (non-hydrogen) atoms. The Morgan fingerprint density at radius 2 is 1.71 bits per heavy atom. The van der Waals surface area contributed by atoms with Crippen molar-refractivity contribution in [3.63, 3.8) is 0 Å². The Balaban J connectivity index is 1.77. The fourth-order valence-corrected chi connectivity index (χ4v) is 4.04. The Bertz CT molecular complexity index is 1240. The summed E-state index contributed by atoms with van der Waals surface area (Å²) in [4.78, 5) is 12.2. The largest absolute Gasteiger partial charge is 0.459 e. The van der Waals surface area contributed by atoms with Crippen LogP contribution < -0.4 is 5.32 Å². The van der Waals surface area contributed by atoms with Crippen LogP contribution in [0.15, 0.2) is 24.3 Å². The summed E-state index contributed by atoms with van der Waals surface area (Å²) in [5.74, 6) is -6.22. The molecule has 4 rings (SSSR count). The number of hydrogen-bond acceptors (Lipinski definition) is 5. The molecule has 1 aromatic carbocycles. The first-order valence-electron chi connectivity index (χ1n) is 9.54. The van der Waals surface area contributed by atoms with Gasteiger partial charge in [0.25, 0.3) is 5.91 Å². The zero-order chi connectivity index (χ0) is 25.1. The first-order chi connectivity index (χ1) is 15.7. The maximum atomic E-state index is 13.9. The van der Waals surface area contributed by atoms with E-state index < -0.39 is 40.2 Å². The van der Waals surface area contributed by atoms with Crippen molar-refractivity contribution in [3.8, 4) is 21.3 Å². The topological polar surface area (TPSA) is 72.7 Å². The van der Waals surface area contributed by atoms with E-state index in [9.17, 15) is 39.9 Å². The van der Waals surface area contributed by atoms with Crippen molar-refractivity contribution in [1.29, 1.82) is 0 Å². The van der Waals surface area contributed by atoms with Crippen molar-refractivity contribution in [2.45, 2.75) is 37.2 Å². The third kappa shape index (κ3) is 4.35. The number of hydrogen-bond donors (Lipinski definition) is 1. The zero-order valence-electron chi connectivity index (χ0n) is 16.9. The molecule has 182 valence electrons. The van der Waals surface area contributed by atoms with Crippen LogP contribution in [0.25, 0.3) is 21.3 Å². The number of rotatable bonds is 5. The van der Waals surface area contributed by atoms with E-state index in [4.69, 9.17) is 0 Å². The van der Waals surface area contributed by atoms with Crippen LogP contribution in [-0.4, -0.2) is 38.1 Å². The summed E-state index contributed by atoms with van der Waals surface area (Å²) in [7, 11) is 0.796. The molecule has 0 radical (unpaired) electrons. The highest BCUT2D eigenvalue weighted by molar-refractivity contribution is 7.17. The summed E-state index contributed by atoms with van der Waals surface area (Å²) in [6.07, 6.45) is -10.2. The predicted octanol–water partition coefficient (Wildman–Crippen LogP) is 5.17. The lowest BCUT2D eigenvalue weighted by molar-refractivity contribution is -0.292. The molecule has 0 spiro atoms. The summed E-state index contributed by atoms with van der Waals surface area (Å²) in [6, 6.07) is 6.01. The van der Waals surface area contributed by atoms with Gasteiger partial charge in [-0.05, 0) is 25.0 Å². The molecule has 6 nitrogen and oxygen atoms in total. The molecule has 3 aromatic rings. The van der Waals surface area contributed by atoms with E-state index in [1.54, 1.807) is 0 Å². The molecule has 1 saturated carbocycles. The van der Waals surface area contributed by atoms with Gasteiger partial charge in [-0.1, -0.05) is 23.5 Å². The quantitative estimate of drug-likeness (QED) is 0.480. The average molecular weight is 511 g/mol. The van der Waals surface area contributed by atoms with Crippen LogP contribution >= 0.6 is 11.3 Å². The monoisotopic (exact) mass is 511 g/mol. The van der Waals surface area contributed by atoms with Crippen LogP contribution in [0.4, 0.5) is 35.1 Å². The van der Waals surface area contributed by atoms with Gasteiger partial charge in [-0.25, -0.2) is 0 Å². The summed E-state index contributed by atoms with van der Waals surface area (Å²) < 4.78 is 107. The van der Waals surface area contributed by atoms with Gasteiger partial charge < -0.3 is 5.32 Å². The number of carbonyl (C=O) groups excluding carboxylic acids is 1. The minimum Gasteiger partial charge on any atom is -0.349 e. The Kier molecular flexibility index (Phi) is 5.65. The van der Waals surface area contributed by atoms with Gasteiger partial charge in [-0.15, -0.1) is 10.2 Å². The minimum absolute atomic E-state index is 0.0227. The molecule has 2 aromatic heterocycles. The first-order valence-corrected chi connectivity index (χ1v) is 10.4. The smallest absolute Gasteiger partial charge is 0.349 e. The van der Waals surface area contributed by atoms with Crippen molar-refractivity contribution < 1.29 is 39.9 Å². The van der Waals surface area contributed by atoms with Crippen LogP contribution in [-0.2, 0) is 19.1 Å². The highest BCUT2D eigenvalue weighted by Crippen LogP contribution is 2.50. The lowest BCUT2D eigenvalue weighted by Crippen LogP contribution is -2.36. The normalized spacial score (nSPS) is 15.0. The van der Waals surface area contributed by atoms with E-state index in [2.05, 4.69) is 20.6 Å². The van der Waals surface area contributed by atoms with Crippen molar-refractivity contribution in [1.82, 2.24) is 25.3 Å². The van der Waals surface area contributed by atoms with Gasteiger partial charge in [0.1, 0.15) is 16.3 Å². The first kappa shape index (κ1) is 24.0. The molecule has 1 N–H and O–H groups in total. The Morgan fingerprint density at radius 1 is 1.06 bits per heavy atom. The summed E-state index contributed by atoms with van der Waals surface area (Å²) in [6.45, 7) is 0. The molecule has 0 atom stereocenters. The molecule has 1 fully saturated rings. The number of aromatic nitrogens is 4. The number of carbonyl (C=O) groups is 1. The minimum atomic E-state index is -6.30. The second kappa shape index (κ2) is 7.99. The standard InChI is InChI=1S/C19H13F8N5OS/c1-32-12(11(18(22,23)24)13(31-32)17(20,21)19(25,26)27)16-30-29-15(34-16)9-4-2-3-8(7-9)14(33)28-10-5-6-10/h2-4,7,10H,5-6H2,1H3,(H,28,33). The van der Waals surface area contributed by atoms with Crippen molar-refractivity contribution in [3.05, 3.63) is 41.1 Å². The van der Waals surface area contributed by atoms with Crippen LogP contribution in [0, 0.1) is 0 Å². The van der Waals surface area contributed by atoms with Gasteiger partial charge in [-0.2, -0.15) is 40.2 Å². The Hall–Kier alpha value is -3.10. The molecular formula is C19H13F8N5OS. The van der Waals surface area contributed by atoms with Crippen LogP contribution in [0.3, 0.4) is 0 Å². The SMILES string of the molecule is Cn1nc(C(F)(F)C(F)(F)F)c(C(F)(F)F)c1-c1nnc(-c2cccc(C(=O)NC3CC3)c2)s1. The number of halogens is 8. The molecule has 2 heterocycles. The van der Waals surface area contributed by atoms with E-state index in [-0.39, 0.29) is 27.2 Å². The van der Waals surface area contributed by atoms with Crippen LogP contribution in [0.1, 0.15) is 34.5 Å². The molecule has 0 unspecified atom stereocenters. The molecule has 1 amide bonds. The Morgan fingerprint density at radius 3 is 2.29 bits per heavy atom. The van der Waals surface area contributed by atoms with Gasteiger partial charge in [0.2, 0.25) is 0 Å². The molecular weight excluding hydrogens is 498 g/mol. The van der Waals surface area contributed by atoms with Gasteiger partial charge in [-0.3, -0.25) is 9.48 Å². The highest BCUT2D eigenvalue weighted by Gasteiger charge is 2.64. The van der Waals surface area contributed by atoms with Gasteiger partial charge in [0, 0.05) is 24.2 Å². The summed E-state index contributed by atoms with van der Waals surface area (Å²) in [5.41, 5.74) is -5.26. The van der Waals surface area contributed by atoms with Crippen LogP contribution in [0.5, 0.6) is 0 Å². The lowest BCUT2D eigenvalue weighted by atomic mass is 10.1. The van der Waals surface area contributed by atoms with Crippen molar-refractivity contribution in [2.75, 3.05) is 0 Å².